The van der Waals surface area contributed by atoms with Crippen molar-refractivity contribution < 1.29 is 29.4 Å². The Morgan fingerprint density at radius 3 is 1.50 bits per heavy atom. The smallest absolute Gasteiger partial charge is 0.273 e. The van der Waals surface area contributed by atoms with Gasteiger partial charge in [0.05, 0.1) is 17.0 Å². The summed E-state index contributed by atoms with van der Waals surface area (Å²) in [5, 5.41) is 20.6. The molecule has 10 heteroatoms. The number of hydrogen-bond donors (Lipinski definition) is 6. The molecule has 0 bridgehead atoms. The molecule has 0 aliphatic rings. The Morgan fingerprint density at radius 2 is 1.02 bits per heavy atom. The van der Waals surface area contributed by atoms with Crippen LogP contribution in [0.5, 0.6) is 11.5 Å². The third-order valence-electron chi connectivity index (χ3n) is 8.32. The molecule has 0 aromatic heterocycles. The van der Waals surface area contributed by atoms with E-state index in [1.165, 1.54) is 12.1 Å². The minimum absolute atomic E-state index is 0.0487. The molecule has 0 heterocycles. The van der Waals surface area contributed by atoms with Gasteiger partial charge < -0.3 is 10.2 Å². The third kappa shape index (κ3) is 12.7. The van der Waals surface area contributed by atoms with Crippen molar-refractivity contribution in [2.45, 2.75) is 118 Å². The monoisotopic (exact) mass is 638 g/mol. The summed E-state index contributed by atoms with van der Waals surface area (Å²) in [7, 11) is 0. The van der Waals surface area contributed by atoms with E-state index < -0.39 is 35.5 Å². The lowest BCUT2D eigenvalue weighted by Crippen LogP contribution is -2.50. The van der Waals surface area contributed by atoms with Crippen LogP contribution in [0.3, 0.4) is 0 Å². The molecule has 6 N–H and O–H groups in total. The van der Waals surface area contributed by atoms with Crippen molar-refractivity contribution in [2.75, 3.05) is 0 Å². The number of amides is 4. The van der Waals surface area contributed by atoms with Crippen LogP contribution in [0, 0.1) is 11.8 Å². The Kier molecular flexibility index (Phi) is 17.3. The van der Waals surface area contributed by atoms with Gasteiger partial charge in [0.15, 0.2) is 0 Å². The first-order chi connectivity index (χ1) is 22.1. The number of carbonyl (C=O) groups excluding carboxylic acids is 4. The quantitative estimate of drug-likeness (QED) is 0.0773. The molecule has 0 aliphatic carbocycles. The van der Waals surface area contributed by atoms with Gasteiger partial charge in [0.1, 0.15) is 11.5 Å². The first kappa shape index (κ1) is 38.1. The zero-order valence-electron chi connectivity index (χ0n) is 28.0. The number of unbranched alkanes of at least 4 members (excludes halogenated alkanes) is 8. The van der Waals surface area contributed by atoms with E-state index in [2.05, 4.69) is 42.5 Å². The maximum Gasteiger partial charge on any atom is 0.273 e. The van der Waals surface area contributed by atoms with E-state index in [-0.39, 0.29) is 22.6 Å². The summed E-state index contributed by atoms with van der Waals surface area (Å²) in [6.45, 7) is 7.92. The Hall–Kier alpha value is -4.08. The van der Waals surface area contributed by atoms with Crippen molar-refractivity contribution in [2.24, 2.45) is 11.8 Å². The van der Waals surface area contributed by atoms with Gasteiger partial charge in [-0.05, 0) is 67.5 Å². The van der Waals surface area contributed by atoms with E-state index in [1.807, 2.05) is 0 Å². The highest BCUT2D eigenvalue weighted by Gasteiger charge is 2.31. The third-order valence-corrected chi connectivity index (χ3v) is 8.32. The number of hydrazine groups is 2. The summed E-state index contributed by atoms with van der Waals surface area (Å²) >= 11 is 0. The molecule has 2 unspecified atom stereocenters. The molecule has 0 aliphatic heterocycles. The second kappa shape index (κ2) is 20.9. The molecule has 0 saturated carbocycles. The van der Waals surface area contributed by atoms with Crippen molar-refractivity contribution >= 4 is 23.6 Å². The molecule has 2 aromatic carbocycles. The first-order valence-electron chi connectivity index (χ1n) is 17.0. The van der Waals surface area contributed by atoms with Gasteiger partial charge in [-0.15, -0.1) is 0 Å². The number of hydrogen-bond acceptors (Lipinski definition) is 6. The highest BCUT2D eigenvalue weighted by Crippen LogP contribution is 2.23. The molecule has 0 spiro atoms. The Balaban J connectivity index is 2.06. The van der Waals surface area contributed by atoms with Crippen LogP contribution >= 0.6 is 0 Å². The lowest BCUT2D eigenvalue weighted by molar-refractivity contribution is -0.135. The summed E-state index contributed by atoms with van der Waals surface area (Å²) in [5.74, 6) is -4.50. The standard InChI is InChI=1S/C36H54N4O6/c1-5-8-11-12-15-18-28(34(44)38-40-36(46)30-24-27(17-14-10-7-3)20-22-32(30)42)25(4)33(43)37-39-35(45)29-23-26(16-13-9-6-2)19-21-31(29)41/h19-25,28,41-42H,5-18H2,1-4H3,(H,37,43)(H,38,44)(H,39,45)(H,40,46). The van der Waals surface area contributed by atoms with Crippen molar-refractivity contribution in [1.82, 2.24) is 21.7 Å². The van der Waals surface area contributed by atoms with Gasteiger partial charge in [-0.25, -0.2) is 0 Å². The van der Waals surface area contributed by atoms with Gasteiger partial charge in [0, 0.05) is 5.92 Å². The fraction of sp³-hybridized carbons (Fsp3) is 0.556. The zero-order chi connectivity index (χ0) is 33.9. The van der Waals surface area contributed by atoms with Crippen LogP contribution in [-0.4, -0.2) is 33.8 Å². The Morgan fingerprint density at radius 1 is 0.587 bits per heavy atom. The van der Waals surface area contributed by atoms with Crippen LogP contribution in [0.2, 0.25) is 0 Å². The van der Waals surface area contributed by atoms with Gasteiger partial charge in [0.2, 0.25) is 11.8 Å². The second-order valence-electron chi connectivity index (χ2n) is 12.1. The molecule has 2 rings (SSSR count). The van der Waals surface area contributed by atoms with E-state index in [4.69, 9.17) is 0 Å². The number of phenols is 2. The molecule has 254 valence electrons. The number of nitrogens with one attached hydrogen (secondary N) is 4. The van der Waals surface area contributed by atoms with Crippen molar-refractivity contribution in [1.29, 1.82) is 0 Å². The maximum atomic E-state index is 13.3. The number of rotatable bonds is 19. The SMILES string of the molecule is CCCCCCCC(C(=O)NNC(=O)c1cc(CCCCC)ccc1O)C(C)C(=O)NNC(=O)c1cc(CCCCC)ccc1O. The van der Waals surface area contributed by atoms with Gasteiger partial charge in [-0.3, -0.25) is 40.9 Å². The van der Waals surface area contributed by atoms with Crippen molar-refractivity contribution in [3.05, 3.63) is 58.7 Å². The predicted octanol–water partition coefficient (Wildman–Crippen LogP) is 6.40. The van der Waals surface area contributed by atoms with Gasteiger partial charge in [-0.2, -0.15) is 0 Å². The molecular formula is C36H54N4O6. The average molecular weight is 639 g/mol. The lowest BCUT2D eigenvalue weighted by atomic mass is 9.87. The summed E-state index contributed by atoms with van der Waals surface area (Å²) in [6, 6.07) is 9.73. The predicted molar refractivity (Wildman–Crippen MR) is 180 cm³/mol. The molecule has 0 fully saturated rings. The Labute approximate surface area is 274 Å². The van der Waals surface area contributed by atoms with Gasteiger partial charge in [0.25, 0.3) is 11.8 Å². The lowest BCUT2D eigenvalue weighted by Gasteiger charge is -2.23. The normalized spacial score (nSPS) is 12.2. The first-order valence-corrected chi connectivity index (χ1v) is 17.0. The summed E-state index contributed by atoms with van der Waals surface area (Å²) in [6.07, 6.45) is 12.9. The van der Waals surface area contributed by atoms with Crippen LogP contribution in [0.25, 0.3) is 0 Å². The average Bonchev–Trinajstić information content (AvgIpc) is 3.05. The minimum Gasteiger partial charge on any atom is -0.507 e. The molecule has 0 saturated heterocycles. The van der Waals surface area contributed by atoms with E-state index >= 15 is 0 Å². The molecule has 2 aromatic rings. The number of carbonyl (C=O) groups is 4. The van der Waals surface area contributed by atoms with E-state index in [0.717, 1.165) is 88.2 Å². The van der Waals surface area contributed by atoms with Gasteiger partial charge in [-0.1, -0.05) is 97.6 Å². The number of aromatic hydroxyl groups is 2. The molecule has 2 atom stereocenters. The maximum absolute atomic E-state index is 13.3. The van der Waals surface area contributed by atoms with Crippen molar-refractivity contribution in [3.8, 4) is 11.5 Å². The molecule has 10 nitrogen and oxygen atoms in total. The highest BCUT2D eigenvalue weighted by atomic mass is 16.3. The molecule has 46 heavy (non-hydrogen) atoms. The Bertz CT molecular complexity index is 1280. The minimum atomic E-state index is -0.854. The number of aryl methyl sites for hydroxylation is 2. The van der Waals surface area contributed by atoms with Crippen LogP contribution in [0.4, 0.5) is 0 Å². The van der Waals surface area contributed by atoms with Crippen LogP contribution < -0.4 is 21.7 Å². The van der Waals surface area contributed by atoms with E-state index in [1.54, 1.807) is 31.2 Å². The molecular weight excluding hydrogens is 584 g/mol. The second-order valence-corrected chi connectivity index (χ2v) is 12.1. The number of phenolic OH excluding ortho intramolecular Hbond substituents is 2. The number of benzene rings is 2. The van der Waals surface area contributed by atoms with Crippen LogP contribution in [0.15, 0.2) is 36.4 Å². The van der Waals surface area contributed by atoms with E-state index in [0.29, 0.717) is 12.8 Å². The fourth-order valence-corrected chi connectivity index (χ4v) is 5.34. The van der Waals surface area contributed by atoms with Crippen LogP contribution in [-0.2, 0) is 22.4 Å². The summed E-state index contributed by atoms with van der Waals surface area (Å²) in [5.41, 5.74) is 11.5. The summed E-state index contributed by atoms with van der Waals surface area (Å²) in [4.78, 5) is 52.2. The van der Waals surface area contributed by atoms with E-state index in [9.17, 15) is 29.4 Å². The summed E-state index contributed by atoms with van der Waals surface area (Å²) < 4.78 is 0. The zero-order valence-corrected chi connectivity index (χ0v) is 28.0. The van der Waals surface area contributed by atoms with Crippen molar-refractivity contribution in [3.63, 3.8) is 0 Å². The van der Waals surface area contributed by atoms with Crippen LogP contribution in [0.1, 0.15) is 137 Å². The molecule has 4 amide bonds. The van der Waals surface area contributed by atoms with Gasteiger partial charge >= 0.3 is 0 Å². The molecule has 0 radical (unpaired) electrons. The largest absolute Gasteiger partial charge is 0.507 e. The topological polar surface area (TPSA) is 157 Å². The fourth-order valence-electron chi connectivity index (χ4n) is 5.34. The highest BCUT2D eigenvalue weighted by molar-refractivity contribution is 5.99.